The number of aliphatic hydroxyl groups is 1. The van der Waals surface area contributed by atoms with Crippen molar-refractivity contribution in [3.8, 4) is 0 Å². The van der Waals surface area contributed by atoms with Crippen LogP contribution in [0.5, 0.6) is 0 Å². The number of anilines is 4. The summed E-state index contributed by atoms with van der Waals surface area (Å²) < 4.78 is 0. The molecule has 0 unspecified atom stereocenters. The zero-order valence-corrected chi connectivity index (χ0v) is 17.2. The number of rotatable bonds is 6. The highest BCUT2D eigenvalue weighted by molar-refractivity contribution is 5.94. The molecule has 0 saturated carbocycles. The third-order valence-electron chi connectivity index (χ3n) is 5.77. The predicted molar refractivity (Wildman–Crippen MR) is 115 cm³/mol. The molecular formula is C22H29N5O2. The molecule has 2 aliphatic rings. The van der Waals surface area contributed by atoms with Crippen molar-refractivity contribution in [2.45, 2.75) is 52.0 Å². The van der Waals surface area contributed by atoms with Crippen molar-refractivity contribution in [1.82, 2.24) is 9.97 Å². The van der Waals surface area contributed by atoms with Gasteiger partial charge in [0.15, 0.2) is 0 Å². The van der Waals surface area contributed by atoms with Crippen LogP contribution in [0.2, 0.25) is 0 Å². The van der Waals surface area contributed by atoms with Gasteiger partial charge < -0.3 is 20.2 Å². The van der Waals surface area contributed by atoms with Gasteiger partial charge >= 0.3 is 0 Å². The van der Waals surface area contributed by atoms with Crippen LogP contribution in [-0.4, -0.2) is 46.7 Å². The summed E-state index contributed by atoms with van der Waals surface area (Å²) in [6.45, 7) is 5.52. The normalized spacial score (nSPS) is 18.2. The number of carbonyl (C=O) groups is 1. The minimum Gasteiger partial charge on any atom is -0.394 e. The molecule has 0 bridgehead atoms. The van der Waals surface area contributed by atoms with Gasteiger partial charge in [0.1, 0.15) is 5.82 Å². The van der Waals surface area contributed by atoms with Gasteiger partial charge in [-0.25, -0.2) is 4.98 Å². The van der Waals surface area contributed by atoms with Gasteiger partial charge in [-0.05, 0) is 43.4 Å². The lowest BCUT2D eigenvalue weighted by atomic mass is 10.1. The first-order valence-electron chi connectivity index (χ1n) is 10.5. The van der Waals surface area contributed by atoms with Crippen LogP contribution in [0, 0.1) is 0 Å². The Hall–Kier alpha value is -2.67. The zero-order chi connectivity index (χ0) is 20.4. The fourth-order valence-corrected chi connectivity index (χ4v) is 4.31. The van der Waals surface area contributed by atoms with Crippen LogP contribution in [0.15, 0.2) is 24.3 Å². The fourth-order valence-electron chi connectivity index (χ4n) is 4.31. The molecule has 2 N–H and O–H groups in total. The molecule has 0 radical (unpaired) electrons. The Morgan fingerprint density at radius 3 is 2.90 bits per heavy atom. The van der Waals surface area contributed by atoms with E-state index in [0.717, 1.165) is 68.1 Å². The van der Waals surface area contributed by atoms with Gasteiger partial charge in [-0.2, -0.15) is 4.98 Å². The lowest BCUT2D eigenvalue weighted by molar-refractivity contribution is -0.116. The maximum Gasteiger partial charge on any atom is 0.229 e. The van der Waals surface area contributed by atoms with Gasteiger partial charge in [0, 0.05) is 43.1 Å². The lowest BCUT2D eigenvalue weighted by Crippen LogP contribution is -2.33. The third kappa shape index (κ3) is 4.05. The molecular weight excluding hydrogens is 366 g/mol. The van der Waals surface area contributed by atoms with Gasteiger partial charge in [-0.1, -0.05) is 19.4 Å². The summed E-state index contributed by atoms with van der Waals surface area (Å²) in [5.74, 6) is 1.49. The SMILES string of the molecule is CCCc1cc(N2CCC[C@H]2CO)nc(Nc2ccc3c(c2)N(C(C)=O)CC3)n1. The average Bonchev–Trinajstić information content (AvgIpc) is 3.34. The molecule has 7 nitrogen and oxygen atoms in total. The molecule has 1 aromatic heterocycles. The number of aryl methyl sites for hydroxylation is 1. The number of aliphatic hydroxyl groups excluding tert-OH is 1. The maximum absolute atomic E-state index is 11.9. The van der Waals surface area contributed by atoms with E-state index in [1.165, 1.54) is 5.56 Å². The van der Waals surface area contributed by atoms with Gasteiger partial charge in [-0.15, -0.1) is 0 Å². The smallest absolute Gasteiger partial charge is 0.229 e. The van der Waals surface area contributed by atoms with E-state index < -0.39 is 0 Å². The Morgan fingerprint density at radius 2 is 2.14 bits per heavy atom. The molecule has 154 valence electrons. The first kappa shape index (κ1) is 19.6. The Morgan fingerprint density at radius 1 is 1.28 bits per heavy atom. The molecule has 1 saturated heterocycles. The van der Waals surface area contributed by atoms with Crippen LogP contribution in [0.25, 0.3) is 0 Å². The Balaban J connectivity index is 1.63. The van der Waals surface area contributed by atoms with Gasteiger partial charge in [0.25, 0.3) is 0 Å². The zero-order valence-electron chi connectivity index (χ0n) is 17.2. The summed E-state index contributed by atoms with van der Waals surface area (Å²) in [4.78, 5) is 25.4. The summed E-state index contributed by atoms with van der Waals surface area (Å²) in [7, 11) is 0. The molecule has 2 aromatic rings. The van der Waals surface area contributed by atoms with Crippen LogP contribution < -0.4 is 15.1 Å². The first-order valence-corrected chi connectivity index (χ1v) is 10.5. The van der Waals surface area contributed by atoms with Crippen molar-refractivity contribution in [1.29, 1.82) is 0 Å². The first-order chi connectivity index (χ1) is 14.1. The van der Waals surface area contributed by atoms with Crippen molar-refractivity contribution in [3.05, 3.63) is 35.5 Å². The van der Waals surface area contributed by atoms with Crippen molar-refractivity contribution >= 4 is 29.0 Å². The van der Waals surface area contributed by atoms with E-state index in [-0.39, 0.29) is 18.6 Å². The van der Waals surface area contributed by atoms with Crippen LogP contribution in [-0.2, 0) is 17.6 Å². The highest BCUT2D eigenvalue weighted by atomic mass is 16.3. The topological polar surface area (TPSA) is 81.6 Å². The van der Waals surface area contributed by atoms with E-state index in [1.807, 2.05) is 23.1 Å². The summed E-state index contributed by atoms with van der Waals surface area (Å²) in [6, 6.07) is 8.26. The van der Waals surface area contributed by atoms with Crippen molar-refractivity contribution < 1.29 is 9.90 Å². The minimum absolute atomic E-state index is 0.0634. The van der Waals surface area contributed by atoms with E-state index in [9.17, 15) is 9.90 Å². The van der Waals surface area contributed by atoms with Crippen LogP contribution in [0.1, 0.15) is 44.4 Å². The molecule has 0 aliphatic carbocycles. The van der Waals surface area contributed by atoms with Crippen LogP contribution in [0.3, 0.4) is 0 Å². The van der Waals surface area contributed by atoms with Crippen LogP contribution >= 0.6 is 0 Å². The van der Waals surface area contributed by atoms with E-state index in [2.05, 4.69) is 23.2 Å². The quantitative estimate of drug-likeness (QED) is 0.782. The summed E-state index contributed by atoms with van der Waals surface area (Å²) in [5.41, 5.74) is 4.02. The number of carbonyl (C=O) groups excluding carboxylic acids is 1. The van der Waals surface area contributed by atoms with E-state index in [4.69, 9.17) is 9.97 Å². The van der Waals surface area contributed by atoms with E-state index in [1.54, 1.807) is 6.92 Å². The second-order valence-corrected chi connectivity index (χ2v) is 7.85. The Labute approximate surface area is 171 Å². The molecule has 1 fully saturated rings. The second-order valence-electron chi connectivity index (χ2n) is 7.85. The van der Waals surface area contributed by atoms with Crippen molar-refractivity contribution in [2.24, 2.45) is 0 Å². The molecule has 7 heteroatoms. The summed E-state index contributed by atoms with van der Waals surface area (Å²) in [5, 5.41) is 13.0. The standard InChI is InChI=1S/C22H29N5O2/c1-3-5-17-13-21(27-10-4-6-19(27)14-28)25-22(23-17)24-18-8-7-16-9-11-26(15(2)29)20(16)12-18/h7-8,12-13,19,28H,3-6,9-11,14H2,1-2H3,(H,23,24,25)/t19-/m0/s1. The molecule has 3 heterocycles. The number of aromatic nitrogens is 2. The fraction of sp³-hybridized carbons (Fsp3) is 0.500. The maximum atomic E-state index is 11.9. The Bertz CT molecular complexity index is 901. The monoisotopic (exact) mass is 395 g/mol. The number of hydrogen-bond donors (Lipinski definition) is 2. The van der Waals surface area contributed by atoms with Gasteiger partial charge in [0.05, 0.1) is 12.6 Å². The number of hydrogen-bond acceptors (Lipinski definition) is 6. The highest BCUT2D eigenvalue weighted by Crippen LogP contribution is 2.32. The summed E-state index contributed by atoms with van der Waals surface area (Å²) >= 11 is 0. The number of fused-ring (bicyclic) bond motifs is 1. The van der Waals surface area contributed by atoms with E-state index >= 15 is 0 Å². The van der Waals surface area contributed by atoms with Crippen LogP contribution in [0.4, 0.5) is 23.1 Å². The predicted octanol–water partition coefficient (Wildman–Crippen LogP) is 3.04. The van der Waals surface area contributed by atoms with E-state index in [0.29, 0.717) is 5.95 Å². The number of nitrogens with one attached hydrogen (secondary N) is 1. The Kier molecular flexibility index (Phi) is 5.67. The molecule has 2 aliphatic heterocycles. The molecule has 4 rings (SSSR count). The molecule has 29 heavy (non-hydrogen) atoms. The number of benzene rings is 1. The number of amides is 1. The second kappa shape index (κ2) is 8.37. The lowest BCUT2D eigenvalue weighted by Gasteiger charge is -2.25. The third-order valence-corrected chi connectivity index (χ3v) is 5.77. The number of nitrogens with zero attached hydrogens (tertiary/aromatic N) is 4. The molecule has 1 atom stereocenters. The van der Waals surface area contributed by atoms with Gasteiger partial charge in [-0.3, -0.25) is 4.79 Å². The average molecular weight is 396 g/mol. The molecule has 1 aromatic carbocycles. The minimum atomic E-state index is 0.0634. The van der Waals surface area contributed by atoms with Crippen molar-refractivity contribution in [3.63, 3.8) is 0 Å². The summed E-state index contributed by atoms with van der Waals surface area (Å²) in [6.07, 6.45) is 4.82. The largest absolute Gasteiger partial charge is 0.394 e. The molecule has 1 amide bonds. The van der Waals surface area contributed by atoms with Crippen molar-refractivity contribution in [2.75, 3.05) is 34.8 Å². The molecule has 0 spiro atoms. The highest BCUT2D eigenvalue weighted by Gasteiger charge is 2.26. The van der Waals surface area contributed by atoms with Gasteiger partial charge in [0.2, 0.25) is 11.9 Å².